The Balaban J connectivity index is 2.78. The standard InChI is InChI=1S/C12H26S2/c1-2-3-4-5-6-7-8-9-11-14-12-10-13/h13H,2-12H2,1H3. The summed E-state index contributed by atoms with van der Waals surface area (Å²) < 4.78 is 0. The summed E-state index contributed by atoms with van der Waals surface area (Å²) in [6.07, 6.45) is 11.4. The summed E-state index contributed by atoms with van der Waals surface area (Å²) in [4.78, 5) is 0. The van der Waals surface area contributed by atoms with Gasteiger partial charge < -0.3 is 0 Å². The molecule has 0 bridgehead atoms. The first-order valence-corrected chi connectivity index (χ1v) is 7.89. The van der Waals surface area contributed by atoms with E-state index in [9.17, 15) is 0 Å². The minimum atomic E-state index is 1.03. The van der Waals surface area contributed by atoms with Crippen LogP contribution in [0.1, 0.15) is 58.3 Å². The Morgan fingerprint density at radius 2 is 1.36 bits per heavy atom. The Bertz CT molecular complexity index is 82.3. The van der Waals surface area contributed by atoms with Gasteiger partial charge in [-0.3, -0.25) is 0 Å². The molecule has 0 aliphatic carbocycles. The van der Waals surface area contributed by atoms with Gasteiger partial charge in [-0.25, -0.2) is 0 Å². The Hall–Kier alpha value is 0.700. The van der Waals surface area contributed by atoms with Crippen LogP contribution in [0, 0.1) is 0 Å². The largest absolute Gasteiger partial charge is 0.179 e. The van der Waals surface area contributed by atoms with Crippen molar-refractivity contribution in [3.05, 3.63) is 0 Å². The normalized spacial score (nSPS) is 10.7. The number of unbranched alkanes of at least 4 members (excludes halogenated alkanes) is 7. The highest BCUT2D eigenvalue weighted by molar-refractivity contribution is 7.99. The van der Waals surface area contributed by atoms with E-state index < -0.39 is 0 Å². The van der Waals surface area contributed by atoms with E-state index in [2.05, 4.69) is 19.6 Å². The molecule has 0 unspecified atom stereocenters. The van der Waals surface area contributed by atoms with Crippen molar-refractivity contribution in [2.24, 2.45) is 0 Å². The average molecular weight is 234 g/mol. The molecule has 0 N–H and O–H groups in total. The quantitative estimate of drug-likeness (QED) is 0.396. The SMILES string of the molecule is CCCCCCCCCCSCCS. The van der Waals surface area contributed by atoms with Crippen LogP contribution in [-0.2, 0) is 0 Å². The molecule has 0 saturated heterocycles. The van der Waals surface area contributed by atoms with Crippen molar-refractivity contribution in [1.82, 2.24) is 0 Å². The van der Waals surface area contributed by atoms with Gasteiger partial charge in [0, 0.05) is 5.75 Å². The molecule has 0 saturated carbocycles. The zero-order valence-electron chi connectivity index (χ0n) is 9.63. The molecule has 0 atom stereocenters. The van der Waals surface area contributed by atoms with Gasteiger partial charge in [0.25, 0.3) is 0 Å². The van der Waals surface area contributed by atoms with Gasteiger partial charge in [-0.05, 0) is 17.9 Å². The Labute approximate surface area is 100 Å². The van der Waals surface area contributed by atoms with Crippen molar-refractivity contribution in [3.63, 3.8) is 0 Å². The third kappa shape index (κ3) is 12.7. The Morgan fingerprint density at radius 1 is 0.786 bits per heavy atom. The fourth-order valence-corrected chi connectivity index (χ4v) is 2.63. The van der Waals surface area contributed by atoms with Crippen molar-refractivity contribution in [2.45, 2.75) is 58.3 Å². The van der Waals surface area contributed by atoms with E-state index in [1.807, 2.05) is 11.8 Å². The summed E-state index contributed by atoms with van der Waals surface area (Å²) in [6, 6.07) is 0. The third-order valence-corrected chi connectivity index (χ3v) is 3.97. The number of rotatable bonds is 11. The van der Waals surface area contributed by atoms with E-state index in [-0.39, 0.29) is 0 Å². The molecule has 0 aromatic heterocycles. The zero-order chi connectivity index (χ0) is 10.5. The molecule has 0 aromatic carbocycles. The van der Waals surface area contributed by atoms with E-state index in [1.165, 1.54) is 62.9 Å². The van der Waals surface area contributed by atoms with Crippen molar-refractivity contribution in [3.8, 4) is 0 Å². The molecule has 0 aromatic rings. The number of hydrogen-bond acceptors (Lipinski definition) is 2. The lowest BCUT2D eigenvalue weighted by atomic mass is 10.1. The molecule has 0 aliphatic rings. The van der Waals surface area contributed by atoms with Gasteiger partial charge in [-0.1, -0.05) is 51.9 Å². The molecule has 0 rings (SSSR count). The minimum Gasteiger partial charge on any atom is -0.179 e. The maximum Gasteiger partial charge on any atom is 0.00210 e. The topological polar surface area (TPSA) is 0 Å². The van der Waals surface area contributed by atoms with Crippen LogP contribution in [-0.4, -0.2) is 17.3 Å². The van der Waals surface area contributed by atoms with Crippen molar-refractivity contribution < 1.29 is 0 Å². The van der Waals surface area contributed by atoms with Gasteiger partial charge in [0.1, 0.15) is 0 Å². The first-order valence-electron chi connectivity index (χ1n) is 6.10. The summed E-state index contributed by atoms with van der Waals surface area (Å²) >= 11 is 6.24. The van der Waals surface area contributed by atoms with Crippen LogP contribution in [0.2, 0.25) is 0 Å². The highest BCUT2D eigenvalue weighted by atomic mass is 32.2. The van der Waals surface area contributed by atoms with Crippen LogP contribution in [0.3, 0.4) is 0 Å². The van der Waals surface area contributed by atoms with Crippen molar-refractivity contribution >= 4 is 24.4 Å². The van der Waals surface area contributed by atoms with E-state index in [0.717, 1.165) is 5.75 Å². The first-order chi connectivity index (χ1) is 6.91. The maximum atomic E-state index is 4.19. The molecule has 2 heteroatoms. The van der Waals surface area contributed by atoms with Crippen LogP contribution in [0.25, 0.3) is 0 Å². The highest BCUT2D eigenvalue weighted by Gasteiger charge is 1.91. The number of thiol groups is 1. The minimum absolute atomic E-state index is 1.03. The van der Waals surface area contributed by atoms with Crippen molar-refractivity contribution in [1.29, 1.82) is 0 Å². The molecular formula is C12H26S2. The summed E-state index contributed by atoms with van der Waals surface area (Å²) in [6.45, 7) is 2.28. The number of thioether (sulfide) groups is 1. The van der Waals surface area contributed by atoms with Crippen LogP contribution in [0.4, 0.5) is 0 Å². The Kier molecular flexibility index (Phi) is 14.4. The second kappa shape index (κ2) is 13.7. The second-order valence-corrected chi connectivity index (χ2v) is 5.48. The molecule has 14 heavy (non-hydrogen) atoms. The summed E-state index contributed by atoms with van der Waals surface area (Å²) in [5, 5.41) is 0. The molecule has 0 amide bonds. The van der Waals surface area contributed by atoms with Gasteiger partial charge >= 0.3 is 0 Å². The maximum absolute atomic E-state index is 4.19. The van der Waals surface area contributed by atoms with Gasteiger partial charge in [0.15, 0.2) is 0 Å². The lowest BCUT2D eigenvalue weighted by Gasteiger charge is -2.01. The van der Waals surface area contributed by atoms with Gasteiger partial charge in [0.2, 0.25) is 0 Å². The molecule has 0 aliphatic heterocycles. The van der Waals surface area contributed by atoms with E-state index in [0.29, 0.717) is 0 Å². The smallest absolute Gasteiger partial charge is 0.00210 e. The van der Waals surface area contributed by atoms with E-state index in [1.54, 1.807) is 0 Å². The summed E-state index contributed by atoms with van der Waals surface area (Å²) in [5.74, 6) is 3.59. The molecule has 0 fully saturated rings. The highest BCUT2D eigenvalue weighted by Crippen LogP contribution is 2.11. The second-order valence-electron chi connectivity index (χ2n) is 3.81. The summed E-state index contributed by atoms with van der Waals surface area (Å²) in [5.41, 5.74) is 0. The van der Waals surface area contributed by atoms with Gasteiger partial charge in [-0.2, -0.15) is 24.4 Å². The number of hydrogen-bond donors (Lipinski definition) is 1. The van der Waals surface area contributed by atoms with Crippen LogP contribution in [0.15, 0.2) is 0 Å². The lowest BCUT2D eigenvalue weighted by Crippen LogP contribution is -1.85. The lowest BCUT2D eigenvalue weighted by molar-refractivity contribution is 0.586. The van der Waals surface area contributed by atoms with E-state index >= 15 is 0 Å². The molecule has 86 valence electrons. The van der Waals surface area contributed by atoms with E-state index in [4.69, 9.17) is 0 Å². The van der Waals surface area contributed by atoms with Crippen LogP contribution in [0.5, 0.6) is 0 Å². The summed E-state index contributed by atoms with van der Waals surface area (Å²) in [7, 11) is 0. The first kappa shape index (κ1) is 14.7. The molecule has 0 nitrogen and oxygen atoms in total. The molecule has 0 heterocycles. The fraction of sp³-hybridized carbons (Fsp3) is 1.00. The monoisotopic (exact) mass is 234 g/mol. The predicted octanol–water partition coefficient (Wildman–Crippen LogP) is 4.79. The Morgan fingerprint density at radius 3 is 1.93 bits per heavy atom. The van der Waals surface area contributed by atoms with Gasteiger partial charge in [-0.15, -0.1) is 0 Å². The molecule has 0 radical (unpaired) electrons. The molecule has 0 spiro atoms. The third-order valence-electron chi connectivity index (χ3n) is 2.38. The fourth-order valence-electron chi connectivity index (χ4n) is 1.50. The predicted molar refractivity (Wildman–Crippen MR) is 73.8 cm³/mol. The van der Waals surface area contributed by atoms with Crippen LogP contribution >= 0.6 is 24.4 Å². The van der Waals surface area contributed by atoms with Crippen molar-refractivity contribution in [2.75, 3.05) is 17.3 Å². The average Bonchev–Trinajstić information content (AvgIpc) is 2.21. The van der Waals surface area contributed by atoms with Crippen LogP contribution < -0.4 is 0 Å². The molecular weight excluding hydrogens is 208 g/mol. The zero-order valence-corrected chi connectivity index (χ0v) is 11.3. The van der Waals surface area contributed by atoms with Gasteiger partial charge in [0.05, 0.1) is 0 Å².